The summed E-state index contributed by atoms with van der Waals surface area (Å²) in [4.78, 5) is 8.87. The summed E-state index contributed by atoms with van der Waals surface area (Å²) in [6.45, 7) is 8.84. The number of ether oxygens (including phenoxy) is 1. The molecule has 0 aliphatic carbocycles. The molecule has 0 spiro atoms. The van der Waals surface area contributed by atoms with Crippen molar-refractivity contribution in [2.75, 3.05) is 18.6 Å². The summed E-state index contributed by atoms with van der Waals surface area (Å²) < 4.78 is 62.2. The van der Waals surface area contributed by atoms with E-state index in [0.717, 1.165) is 63.1 Å². The molecular formula is C33H35F4N5O. The largest absolute Gasteiger partial charge is 0.495 e. The lowest BCUT2D eigenvalue weighted by molar-refractivity contribution is -0.138. The van der Waals surface area contributed by atoms with Crippen molar-refractivity contribution in [2.45, 2.75) is 59.7 Å². The van der Waals surface area contributed by atoms with Gasteiger partial charge in [0.15, 0.2) is 11.6 Å². The standard InChI is InChI=1S/C31H29F4N5O.C2H6/c1-4-18-7-6-8-19(5-2)28(18)40-29(22-9-10-26(41-3)27-21(22)11-13-36-27)23-17-39(14-12-25(23)38-40)30-24(32)15-20(16-37-30)31(33,34)35;1-2/h6-11,13,15-16,36H,4-5,12,14,17H2,1-3H3;1-2H3. The smallest absolute Gasteiger partial charge is 0.417 e. The molecule has 10 heteroatoms. The molecule has 4 heterocycles. The molecule has 0 saturated heterocycles. The Morgan fingerprint density at radius 3 is 2.37 bits per heavy atom. The number of aryl methyl sites for hydroxylation is 2. The first-order valence-corrected chi connectivity index (χ1v) is 14.6. The molecule has 43 heavy (non-hydrogen) atoms. The predicted molar refractivity (Wildman–Crippen MR) is 161 cm³/mol. The number of rotatable bonds is 6. The van der Waals surface area contributed by atoms with Crippen LogP contribution in [0, 0.1) is 5.82 Å². The fraction of sp³-hybridized carbons (Fsp3) is 0.333. The Bertz CT molecular complexity index is 1730. The average molecular weight is 594 g/mol. The lowest BCUT2D eigenvalue weighted by Crippen LogP contribution is -2.32. The molecule has 0 unspecified atom stereocenters. The van der Waals surface area contributed by atoms with E-state index in [9.17, 15) is 13.2 Å². The molecule has 0 atom stereocenters. The highest BCUT2D eigenvalue weighted by Crippen LogP contribution is 2.41. The van der Waals surface area contributed by atoms with E-state index < -0.39 is 17.6 Å². The summed E-state index contributed by atoms with van der Waals surface area (Å²) >= 11 is 0. The molecule has 1 aliphatic heterocycles. The molecule has 0 amide bonds. The van der Waals surface area contributed by atoms with Gasteiger partial charge in [0.05, 0.1) is 35.3 Å². The molecule has 5 aromatic rings. The maximum absolute atomic E-state index is 15.0. The van der Waals surface area contributed by atoms with Crippen LogP contribution in [0.5, 0.6) is 5.75 Å². The number of benzene rings is 2. The lowest BCUT2D eigenvalue weighted by atomic mass is 9.97. The molecule has 226 valence electrons. The fourth-order valence-corrected chi connectivity index (χ4v) is 5.80. The van der Waals surface area contributed by atoms with Crippen LogP contribution in [-0.4, -0.2) is 33.4 Å². The lowest BCUT2D eigenvalue weighted by Gasteiger charge is -2.28. The number of H-pyrrole nitrogens is 1. The van der Waals surface area contributed by atoms with Crippen molar-refractivity contribution in [1.29, 1.82) is 0 Å². The Morgan fingerprint density at radius 2 is 1.74 bits per heavy atom. The second-order valence-electron chi connectivity index (χ2n) is 10.1. The molecule has 0 radical (unpaired) electrons. The molecule has 6 rings (SSSR count). The van der Waals surface area contributed by atoms with Crippen molar-refractivity contribution in [2.24, 2.45) is 0 Å². The number of pyridine rings is 1. The second-order valence-corrected chi connectivity index (χ2v) is 10.1. The van der Waals surface area contributed by atoms with Gasteiger partial charge in [-0.15, -0.1) is 0 Å². The van der Waals surface area contributed by atoms with Crippen LogP contribution in [0.2, 0.25) is 0 Å². The van der Waals surface area contributed by atoms with Gasteiger partial charge in [-0.1, -0.05) is 45.9 Å². The van der Waals surface area contributed by atoms with Crippen molar-refractivity contribution >= 4 is 16.7 Å². The van der Waals surface area contributed by atoms with E-state index in [1.807, 2.05) is 42.9 Å². The van der Waals surface area contributed by atoms with E-state index in [1.165, 1.54) is 0 Å². The van der Waals surface area contributed by atoms with Crippen LogP contribution in [0.15, 0.2) is 54.9 Å². The topological polar surface area (TPSA) is 59.0 Å². The third-order valence-corrected chi connectivity index (χ3v) is 7.82. The van der Waals surface area contributed by atoms with Crippen LogP contribution >= 0.6 is 0 Å². The van der Waals surface area contributed by atoms with Crippen molar-refractivity contribution < 1.29 is 22.3 Å². The van der Waals surface area contributed by atoms with Crippen LogP contribution in [0.1, 0.15) is 55.6 Å². The number of aromatic nitrogens is 4. The summed E-state index contributed by atoms with van der Waals surface area (Å²) in [6.07, 6.45) is -0.0230. The van der Waals surface area contributed by atoms with Gasteiger partial charge in [-0.3, -0.25) is 0 Å². The van der Waals surface area contributed by atoms with Gasteiger partial charge < -0.3 is 14.6 Å². The molecule has 1 N–H and O–H groups in total. The van der Waals surface area contributed by atoms with Crippen LogP contribution in [0.4, 0.5) is 23.4 Å². The zero-order valence-corrected chi connectivity index (χ0v) is 24.9. The fourth-order valence-electron chi connectivity index (χ4n) is 5.80. The number of aromatic amines is 1. The summed E-state index contributed by atoms with van der Waals surface area (Å²) in [7, 11) is 1.62. The first kappa shape index (κ1) is 30.1. The Kier molecular flexibility index (Phi) is 8.48. The summed E-state index contributed by atoms with van der Waals surface area (Å²) in [5.41, 5.74) is 6.59. The van der Waals surface area contributed by atoms with Gasteiger partial charge >= 0.3 is 6.18 Å². The molecule has 2 aromatic carbocycles. The number of nitrogens with one attached hydrogen (secondary N) is 1. The molecule has 6 nitrogen and oxygen atoms in total. The van der Waals surface area contributed by atoms with Gasteiger partial charge in [-0.05, 0) is 48.2 Å². The van der Waals surface area contributed by atoms with E-state index in [0.29, 0.717) is 31.0 Å². The second kappa shape index (κ2) is 12.1. The number of nitrogens with zero attached hydrogens (tertiary/aromatic N) is 4. The summed E-state index contributed by atoms with van der Waals surface area (Å²) in [6, 6.07) is 12.7. The molecule has 3 aromatic heterocycles. The molecule has 0 fully saturated rings. The Balaban J connectivity index is 0.00000180. The maximum atomic E-state index is 15.0. The number of halogens is 4. The highest BCUT2D eigenvalue weighted by Gasteiger charge is 2.34. The van der Waals surface area contributed by atoms with Gasteiger partial charge in [-0.25, -0.2) is 14.1 Å². The Morgan fingerprint density at radius 1 is 1.02 bits per heavy atom. The Hall–Kier alpha value is -4.34. The summed E-state index contributed by atoms with van der Waals surface area (Å²) in [5.74, 6) is -0.402. The number of para-hydroxylation sites is 1. The number of fused-ring (bicyclic) bond motifs is 2. The van der Waals surface area contributed by atoms with E-state index in [-0.39, 0.29) is 12.4 Å². The Labute approximate surface area is 248 Å². The number of methoxy groups -OCH3 is 1. The van der Waals surface area contributed by atoms with Crippen LogP contribution in [-0.2, 0) is 32.0 Å². The van der Waals surface area contributed by atoms with Gasteiger partial charge in [0.25, 0.3) is 0 Å². The third-order valence-electron chi connectivity index (χ3n) is 7.82. The molecule has 0 bridgehead atoms. The minimum absolute atomic E-state index is 0.105. The number of hydrogen-bond donors (Lipinski definition) is 1. The van der Waals surface area contributed by atoms with E-state index in [2.05, 4.69) is 42.0 Å². The third kappa shape index (κ3) is 5.34. The van der Waals surface area contributed by atoms with E-state index >= 15 is 4.39 Å². The van der Waals surface area contributed by atoms with Crippen LogP contribution in [0.3, 0.4) is 0 Å². The number of hydrogen-bond acceptors (Lipinski definition) is 4. The summed E-state index contributed by atoms with van der Waals surface area (Å²) in [5, 5.41) is 6.07. The minimum atomic E-state index is -4.67. The molecular weight excluding hydrogens is 558 g/mol. The van der Waals surface area contributed by atoms with Crippen LogP contribution < -0.4 is 9.64 Å². The van der Waals surface area contributed by atoms with E-state index in [4.69, 9.17) is 9.84 Å². The van der Waals surface area contributed by atoms with Crippen molar-refractivity contribution in [3.63, 3.8) is 0 Å². The quantitative estimate of drug-likeness (QED) is 0.201. The van der Waals surface area contributed by atoms with Gasteiger partial charge in [0, 0.05) is 48.4 Å². The van der Waals surface area contributed by atoms with Crippen molar-refractivity contribution in [1.82, 2.24) is 19.7 Å². The minimum Gasteiger partial charge on any atom is -0.495 e. The monoisotopic (exact) mass is 593 g/mol. The zero-order chi connectivity index (χ0) is 30.9. The maximum Gasteiger partial charge on any atom is 0.417 e. The van der Waals surface area contributed by atoms with Gasteiger partial charge in [0.2, 0.25) is 0 Å². The predicted octanol–water partition coefficient (Wildman–Crippen LogP) is 8.30. The van der Waals surface area contributed by atoms with Crippen molar-refractivity contribution in [3.05, 3.63) is 88.6 Å². The van der Waals surface area contributed by atoms with E-state index in [1.54, 1.807) is 12.0 Å². The first-order chi connectivity index (χ1) is 20.7. The average Bonchev–Trinajstić information content (AvgIpc) is 3.66. The number of alkyl halides is 3. The SMILES string of the molecule is CC.CCc1cccc(CC)c1-n1nc2c(c1-c1ccc(OC)c3[nH]ccc13)CN(c1ncc(C(F)(F)F)cc1F)CC2. The zero-order valence-electron chi connectivity index (χ0n) is 24.9. The molecule has 1 aliphatic rings. The number of anilines is 1. The first-order valence-electron chi connectivity index (χ1n) is 14.6. The normalized spacial score (nSPS) is 13.1. The van der Waals surface area contributed by atoms with Gasteiger partial charge in [-0.2, -0.15) is 18.3 Å². The van der Waals surface area contributed by atoms with Crippen molar-refractivity contribution in [3.8, 4) is 22.7 Å². The molecule has 0 saturated carbocycles. The van der Waals surface area contributed by atoms with Gasteiger partial charge in [0.1, 0.15) is 5.75 Å². The highest BCUT2D eigenvalue weighted by atomic mass is 19.4. The van der Waals surface area contributed by atoms with Crippen LogP contribution in [0.25, 0.3) is 27.8 Å². The highest BCUT2D eigenvalue weighted by molar-refractivity contribution is 5.99.